The third kappa shape index (κ3) is 2.89. The van der Waals surface area contributed by atoms with E-state index in [2.05, 4.69) is 0 Å². The van der Waals surface area contributed by atoms with Crippen molar-refractivity contribution in [3.8, 4) is 0 Å². The Hall–Kier alpha value is -0.670. The molecule has 1 rings (SSSR count). The summed E-state index contributed by atoms with van der Waals surface area (Å²) in [6, 6.07) is 7.79. The number of benzene rings is 1. The van der Waals surface area contributed by atoms with Crippen LogP contribution in [0.1, 0.15) is 25.8 Å². The van der Waals surface area contributed by atoms with Crippen molar-refractivity contribution in [3.63, 3.8) is 0 Å². The van der Waals surface area contributed by atoms with Crippen LogP contribution < -0.4 is 5.73 Å². The predicted molar refractivity (Wildman–Crippen MR) is 65.3 cm³/mol. The van der Waals surface area contributed by atoms with Gasteiger partial charge in [-0.15, -0.1) is 0 Å². The highest BCUT2D eigenvalue weighted by Gasteiger charge is 2.20. The molecule has 15 heavy (non-hydrogen) atoms. The molecule has 2 nitrogen and oxygen atoms in total. The van der Waals surface area contributed by atoms with Crippen molar-refractivity contribution in [3.05, 3.63) is 29.8 Å². The van der Waals surface area contributed by atoms with E-state index < -0.39 is 10.8 Å². The molecule has 0 aliphatic carbocycles. The average molecular weight is 225 g/mol. The van der Waals surface area contributed by atoms with E-state index in [0.29, 0.717) is 0 Å². The van der Waals surface area contributed by atoms with Gasteiger partial charge in [-0.1, -0.05) is 25.1 Å². The Bertz CT molecular complexity index is 351. The Morgan fingerprint density at radius 3 is 2.53 bits per heavy atom. The standard InChI is InChI=1S/C12H19NOS/c1-4-11(13)10(3)15(14)12-8-6-5-7-9(12)2/h5-8,10-11H,4,13H2,1-3H3. The Morgan fingerprint density at radius 1 is 1.40 bits per heavy atom. The molecule has 0 saturated heterocycles. The third-order valence-corrected chi connectivity index (χ3v) is 4.64. The van der Waals surface area contributed by atoms with Crippen LogP contribution in [0.15, 0.2) is 29.2 Å². The molecule has 0 fully saturated rings. The van der Waals surface area contributed by atoms with E-state index >= 15 is 0 Å². The molecule has 0 saturated carbocycles. The van der Waals surface area contributed by atoms with Crippen molar-refractivity contribution in [2.24, 2.45) is 5.73 Å². The van der Waals surface area contributed by atoms with Crippen LogP contribution in [0.2, 0.25) is 0 Å². The molecule has 0 radical (unpaired) electrons. The molecule has 3 atom stereocenters. The molecular weight excluding hydrogens is 206 g/mol. The number of aryl methyl sites for hydroxylation is 1. The Kier molecular flexibility index (Phi) is 4.48. The van der Waals surface area contributed by atoms with Crippen LogP contribution in [0.5, 0.6) is 0 Å². The summed E-state index contributed by atoms with van der Waals surface area (Å²) in [6.45, 7) is 5.96. The van der Waals surface area contributed by atoms with Gasteiger partial charge in [0.1, 0.15) is 0 Å². The molecule has 3 unspecified atom stereocenters. The molecule has 3 heteroatoms. The largest absolute Gasteiger partial charge is 0.327 e. The smallest absolute Gasteiger partial charge is 0.0576 e. The molecule has 0 aromatic heterocycles. The topological polar surface area (TPSA) is 43.1 Å². The van der Waals surface area contributed by atoms with E-state index in [1.165, 1.54) is 0 Å². The first-order chi connectivity index (χ1) is 7.07. The maximum absolute atomic E-state index is 12.2. The summed E-state index contributed by atoms with van der Waals surface area (Å²) in [5, 5.41) is 0.0103. The highest BCUT2D eigenvalue weighted by atomic mass is 32.2. The summed E-state index contributed by atoms with van der Waals surface area (Å²) in [7, 11) is -0.995. The first-order valence-electron chi connectivity index (χ1n) is 5.29. The second-order valence-electron chi connectivity index (χ2n) is 3.84. The lowest BCUT2D eigenvalue weighted by molar-refractivity contribution is 0.610. The van der Waals surface area contributed by atoms with Gasteiger partial charge in [0.15, 0.2) is 0 Å². The third-order valence-electron chi connectivity index (χ3n) is 2.72. The first kappa shape index (κ1) is 12.4. The van der Waals surface area contributed by atoms with Crippen LogP contribution in [0.25, 0.3) is 0 Å². The van der Waals surface area contributed by atoms with Crippen molar-refractivity contribution in [1.82, 2.24) is 0 Å². The molecule has 0 amide bonds. The molecule has 0 spiro atoms. The second kappa shape index (κ2) is 5.42. The lowest BCUT2D eigenvalue weighted by Crippen LogP contribution is -2.35. The zero-order valence-corrected chi connectivity index (χ0v) is 10.4. The maximum atomic E-state index is 12.2. The highest BCUT2D eigenvalue weighted by Crippen LogP contribution is 2.17. The van der Waals surface area contributed by atoms with E-state index in [1.807, 2.05) is 45.0 Å². The molecule has 0 aliphatic rings. The van der Waals surface area contributed by atoms with Crippen molar-refractivity contribution in [2.45, 2.75) is 43.4 Å². The van der Waals surface area contributed by atoms with E-state index in [9.17, 15) is 4.21 Å². The minimum Gasteiger partial charge on any atom is -0.327 e. The molecule has 0 aliphatic heterocycles. The maximum Gasteiger partial charge on any atom is 0.0576 e. The van der Waals surface area contributed by atoms with Gasteiger partial charge in [0.2, 0.25) is 0 Å². The van der Waals surface area contributed by atoms with Gasteiger partial charge in [-0.05, 0) is 31.9 Å². The number of nitrogens with two attached hydrogens (primary N) is 1. The molecule has 0 bridgehead atoms. The van der Waals surface area contributed by atoms with Gasteiger partial charge >= 0.3 is 0 Å². The van der Waals surface area contributed by atoms with Crippen LogP contribution >= 0.6 is 0 Å². The van der Waals surface area contributed by atoms with Gasteiger partial charge in [-0.25, -0.2) is 0 Å². The zero-order chi connectivity index (χ0) is 11.4. The minimum atomic E-state index is -0.995. The second-order valence-corrected chi connectivity index (χ2v) is 5.62. The lowest BCUT2D eigenvalue weighted by atomic mass is 10.2. The Morgan fingerprint density at radius 2 is 2.00 bits per heavy atom. The first-order valence-corrected chi connectivity index (χ1v) is 6.51. The summed E-state index contributed by atoms with van der Waals surface area (Å²) in [5.74, 6) is 0. The van der Waals surface area contributed by atoms with E-state index in [1.54, 1.807) is 0 Å². The fourth-order valence-electron chi connectivity index (χ4n) is 1.47. The minimum absolute atomic E-state index is 0.00504. The summed E-state index contributed by atoms with van der Waals surface area (Å²) in [6.07, 6.45) is 0.860. The van der Waals surface area contributed by atoms with Crippen LogP contribution in [-0.4, -0.2) is 15.5 Å². The number of rotatable bonds is 4. The van der Waals surface area contributed by atoms with Gasteiger partial charge in [-0.2, -0.15) is 0 Å². The fraction of sp³-hybridized carbons (Fsp3) is 0.500. The molecular formula is C12H19NOS. The quantitative estimate of drug-likeness (QED) is 0.854. The van der Waals surface area contributed by atoms with Crippen LogP contribution in [0, 0.1) is 6.92 Å². The molecule has 0 heterocycles. The Labute approximate surface area is 94.3 Å². The van der Waals surface area contributed by atoms with E-state index in [0.717, 1.165) is 16.9 Å². The molecule has 1 aromatic rings. The molecule has 1 aromatic carbocycles. The van der Waals surface area contributed by atoms with Gasteiger partial charge in [0, 0.05) is 10.9 Å². The van der Waals surface area contributed by atoms with E-state index in [4.69, 9.17) is 5.73 Å². The Balaban J connectivity index is 2.90. The summed E-state index contributed by atoms with van der Waals surface area (Å²) in [4.78, 5) is 0.911. The number of hydrogen-bond donors (Lipinski definition) is 1. The number of hydrogen-bond acceptors (Lipinski definition) is 2. The summed E-state index contributed by atoms with van der Waals surface area (Å²) >= 11 is 0. The highest BCUT2D eigenvalue weighted by molar-refractivity contribution is 7.85. The van der Waals surface area contributed by atoms with Crippen LogP contribution in [0.4, 0.5) is 0 Å². The normalized spacial score (nSPS) is 17.1. The fourth-order valence-corrected chi connectivity index (χ4v) is 2.98. The van der Waals surface area contributed by atoms with Crippen LogP contribution in [-0.2, 0) is 10.8 Å². The van der Waals surface area contributed by atoms with Crippen LogP contribution in [0.3, 0.4) is 0 Å². The molecule has 2 N–H and O–H groups in total. The average Bonchev–Trinajstić information content (AvgIpc) is 2.26. The van der Waals surface area contributed by atoms with Gasteiger partial charge in [0.25, 0.3) is 0 Å². The van der Waals surface area contributed by atoms with Gasteiger partial charge in [0.05, 0.1) is 16.0 Å². The summed E-state index contributed by atoms with van der Waals surface area (Å²) in [5.41, 5.74) is 6.99. The van der Waals surface area contributed by atoms with Crippen molar-refractivity contribution in [1.29, 1.82) is 0 Å². The summed E-state index contributed by atoms with van der Waals surface area (Å²) < 4.78 is 12.2. The lowest BCUT2D eigenvalue weighted by Gasteiger charge is -2.18. The van der Waals surface area contributed by atoms with Crippen molar-refractivity contribution in [2.75, 3.05) is 0 Å². The molecule has 84 valence electrons. The SMILES string of the molecule is CCC(N)C(C)S(=O)c1ccccc1C. The van der Waals surface area contributed by atoms with Gasteiger partial charge in [-0.3, -0.25) is 4.21 Å². The van der Waals surface area contributed by atoms with Crippen molar-refractivity contribution >= 4 is 10.8 Å². The van der Waals surface area contributed by atoms with E-state index in [-0.39, 0.29) is 11.3 Å². The van der Waals surface area contributed by atoms with Gasteiger partial charge < -0.3 is 5.73 Å². The predicted octanol–water partition coefficient (Wildman–Crippen LogP) is 2.23. The van der Waals surface area contributed by atoms with Crippen molar-refractivity contribution < 1.29 is 4.21 Å². The monoisotopic (exact) mass is 225 g/mol. The zero-order valence-electron chi connectivity index (χ0n) is 9.57.